The molecule has 21 heavy (non-hydrogen) atoms. The van der Waals surface area contributed by atoms with Crippen LogP contribution in [0.4, 0.5) is 13.2 Å². The standard InChI is InChI=1S/C14H16F3N3O/c1-2-20-9-11(8-19-20)21-13-4-3-10(5-6-18)7-12(13)14(15,16)17/h3-4,7-9H,2,5-6,18H2,1H3. The van der Waals surface area contributed by atoms with Gasteiger partial charge in [-0.25, -0.2) is 0 Å². The van der Waals surface area contributed by atoms with Gasteiger partial charge in [-0.1, -0.05) is 6.07 Å². The van der Waals surface area contributed by atoms with Gasteiger partial charge in [-0.05, 0) is 37.6 Å². The third-order valence-corrected chi connectivity index (χ3v) is 2.94. The molecule has 1 aromatic carbocycles. The second kappa shape index (κ2) is 6.17. The van der Waals surface area contributed by atoms with Gasteiger partial charge < -0.3 is 10.5 Å². The molecule has 0 aliphatic carbocycles. The summed E-state index contributed by atoms with van der Waals surface area (Å²) < 4.78 is 46.2. The first-order chi connectivity index (χ1) is 9.94. The summed E-state index contributed by atoms with van der Waals surface area (Å²) in [6.07, 6.45) is -1.16. The van der Waals surface area contributed by atoms with Crippen molar-refractivity contribution in [3.8, 4) is 11.5 Å². The summed E-state index contributed by atoms with van der Waals surface area (Å²) in [5.41, 5.74) is 5.10. The lowest BCUT2D eigenvalue weighted by molar-refractivity contribution is -0.138. The number of hydrogen-bond acceptors (Lipinski definition) is 3. The van der Waals surface area contributed by atoms with Crippen LogP contribution in [0.5, 0.6) is 11.5 Å². The van der Waals surface area contributed by atoms with Gasteiger partial charge in [0.15, 0.2) is 5.75 Å². The molecule has 2 N–H and O–H groups in total. The van der Waals surface area contributed by atoms with Crippen LogP contribution in [0.15, 0.2) is 30.6 Å². The van der Waals surface area contributed by atoms with E-state index in [0.29, 0.717) is 25.1 Å². The van der Waals surface area contributed by atoms with Crippen molar-refractivity contribution in [1.29, 1.82) is 0 Å². The smallest absolute Gasteiger partial charge is 0.419 e. The van der Waals surface area contributed by atoms with E-state index in [9.17, 15) is 13.2 Å². The molecule has 0 amide bonds. The van der Waals surface area contributed by atoms with Gasteiger partial charge in [-0.2, -0.15) is 18.3 Å². The largest absolute Gasteiger partial charge is 0.453 e. The van der Waals surface area contributed by atoms with E-state index >= 15 is 0 Å². The zero-order valence-corrected chi connectivity index (χ0v) is 11.5. The van der Waals surface area contributed by atoms with E-state index in [1.165, 1.54) is 12.3 Å². The van der Waals surface area contributed by atoms with Gasteiger partial charge >= 0.3 is 6.18 Å². The van der Waals surface area contributed by atoms with Gasteiger partial charge in [0, 0.05) is 6.54 Å². The van der Waals surface area contributed by atoms with Gasteiger partial charge in [-0.3, -0.25) is 4.68 Å². The fourth-order valence-corrected chi connectivity index (χ4v) is 1.91. The molecular formula is C14H16F3N3O. The first-order valence-electron chi connectivity index (χ1n) is 6.54. The molecule has 0 aliphatic rings. The van der Waals surface area contributed by atoms with Crippen LogP contribution in [0.3, 0.4) is 0 Å². The van der Waals surface area contributed by atoms with Gasteiger partial charge in [0.05, 0.1) is 18.0 Å². The van der Waals surface area contributed by atoms with E-state index in [2.05, 4.69) is 5.10 Å². The quantitative estimate of drug-likeness (QED) is 0.922. The summed E-state index contributed by atoms with van der Waals surface area (Å²) in [7, 11) is 0. The molecule has 2 rings (SSSR count). The highest BCUT2D eigenvalue weighted by molar-refractivity contribution is 5.41. The van der Waals surface area contributed by atoms with E-state index in [4.69, 9.17) is 10.5 Å². The lowest BCUT2D eigenvalue weighted by atomic mass is 10.1. The Balaban J connectivity index is 2.33. The molecule has 0 atom stereocenters. The summed E-state index contributed by atoms with van der Waals surface area (Å²) in [5.74, 6) is 0.0350. The van der Waals surface area contributed by atoms with Crippen LogP contribution in [0.2, 0.25) is 0 Å². The highest BCUT2D eigenvalue weighted by Gasteiger charge is 2.34. The minimum atomic E-state index is -4.49. The molecular weight excluding hydrogens is 283 g/mol. The Morgan fingerprint density at radius 2 is 2.10 bits per heavy atom. The Hall–Kier alpha value is -2.02. The first-order valence-corrected chi connectivity index (χ1v) is 6.54. The van der Waals surface area contributed by atoms with Gasteiger partial charge in [0.25, 0.3) is 0 Å². The molecule has 0 bridgehead atoms. The second-order valence-corrected chi connectivity index (χ2v) is 4.50. The summed E-state index contributed by atoms with van der Waals surface area (Å²) in [6, 6.07) is 3.98. The monoisotopic (exact) mass is 299 g/mol. The lowest BCUT2D eigenvalue weighted by Crippen LogP contribution is -2.09. The van der Waals surface area contributed by atoms with Gasteiger partial charge in [0.2, 0.25) is 0 Å². The molecule has 1 aromatic heterocycles. The molecule has 0 unspecified atom stereocenters. The fourth-order valence-electron chi connectivity index (χ4n) is 1.91. The van der Waals surface area contributed by atoms with Crippen molar-refractivity contribution in [3.63, 3.8) is 0 Å². The predicted octanol–water partition coefficient (Wildman–Crippen LogP) is 3.22. The molecule has 1 heterocycles. The maximum atomic E-state index is 13.1. The van der Waals surface area contributed by atoms with Gasteiger partial charge in [-0.15, -0.1) is 0 Å². The number of aromatic nitrogens is 2. The van der Waals surface area contributed by atoms with E-state index < -0.39 is 11.7 Å². The minimum Gasteiger partial charge on any atom is -0.453 e. The van der Waals surface area contributed by atoms with Crippen molar-refractivity contribution in [3.05, 3.63) is 41.7 Å². The molecule has 4 nitrogen and oxygen atoms in total. The normalized spacial score (nSPS) is 11.7. The maximum absolute atomic E-state index is 13.1. The Labute approximate surface area is 120 Å². The van der Waals surface area contributed by atoms with Crippen LogP contribution in [0.25, 0.3) is 0 Å². The minimum absolute atomic E-state index is 0.237. The fraction of sp³-hybridized carbons (Fsp3) is 0.357. The van der Waals surface area contributed by atoms with Crippen molar-refractivity contribution >= 4 is 0 Å². The second-order valence-electron chi connectivity index (χ2n) is 4.50. The van der Waals surface area contributed by atoms with Crippen LogP contribution < -0.4 is 10.5 Å². The van der Waals surface area contributed by atoms with Crippen LogP contribution in [0, 0.1) is 0 Å². The number of rotatable bonds is 5. The Kier molecular flexibility index (Phi) is 4.52. The summed E-state index contributed by atoms with van der Waals surface area (Å²) in [4.78, 5) is 0. The third kappa shape index (κ3) is 3.75. The van der Waals surface area contributed by atoms with Crippen LogP contribution in [-0.2, 0) is 19.1 Å². The molecule has 0 saturated carbocycles. The number of ether oxygens (including phenoxy) is 1. The summed E-state index contributed by atoms with van der Waals surface area (Å²) in [6.45, 7) is 2.78. The Bertz CT molecular complexity index is 608. The van der Waals surface area contributed by atoms with Crippen molar-refractivity contribution in [2.45, 2.75) is 26.1 Å². The van der Waals surface area contributed by atoms with E-state index in [1.807, 2.05) is 6.92 Å². The van der Waals surface area contributed by atoms with Crippen LogP contribution >= 0.6 is 0 Å². The molecule has 2 aromatic rings. The van der Waals surface area contributed by atoms with Crippen molar-refractivity contribution in [1.82, 2.24) is 9.78 Å². The third-order valence-electron chi connectivity index (χ3n) is 2.94. The number of nitrogens with zero attached hydrogens (tertiary/aromatic N) is 2. The molecule has 0 aliphatic heterocycles. The van der Waals surface area contributed by atoms with Crippen molar-refractivity contribution in [2.24, 2.45) is 5.73 Å². The molecule has 0 spiro atoms. The van der Waals surface area contributed by atoms with Crippen molar-refractivity contribution < 1.29 is 17.9 Å². The lowest BCUT2D eigenvalue weighted by Gasteiger charge is -2.14. The number of hydrogen-bond donors (Lipinski definition) is 1. The highest BCUT2D eigenvalue weighted by Crippen LogP contribution is 2.38. The SMILES string of the molecule is CCn1cc(Oc2ccc(CCN)cc2C(F)(F)F)cn1. The van der Waals surface area contributed by atoms with E-state index in [0.717, 1.165) is 6.07 Å². The maximum Gasteiger partial charge on any atom is 0.419 e. The topological polar surface area (TPSA) is 53.1 Å². The van der Waals surface area contributed by atoms with E-state index in [1.54, 1.807) is 16.9 Å². The van der Waals surface area contributed by atoms with Crippen LogP contribution in [-0.4, -0.2) is 16.3 Å². The zero-order chi connectivity index (χ0) is 15.5. The van der Waals surface area contributed by atoms with Gasteiger partial charge in [0.1, 0.15) is 5.75 Å². The molecule has 114 valence electrons. The number of nitrogens with two attached hydrogens (primary N) is 1. The summed E-state index contributed by atoms with van der Waals surface area (Å²) in [5, 5.41) is 3.96. The van der Waals surface area contributed by atoms with Crippen LogP contribution in [0.1, 0.15) is 18.1 Å². The average Bonchev–Trinajstić information content (AvgIpc) is 2.87. The van der Waals surface area contributed by atoms with Crippen molar-refractivity contribution in [2.75, 3.05) is 6.54 Å². The molecule has 0 saturated heterocycles. The summed E-state index contributed by atoms with van der Waals surface area (Å²) >= 11 is 0. The molecule has 0 radical (unpaired) electrons. The number of alkyl halides is 3. The number of benzene rings is 1. The molecule has 0 fully saturated rings. The Morgan fingerprint density at radius 3 is 2.67 bits per heavy atom. The first kappa shape index (κ1) is 15.4. The average molecular weight is 299 g/mol. The predicted molar refractivity (Wildman–Crippen MR) is 72.2 cm³/mol. The van der Waals surface area contributed by atoms with E-state index in [-0.39, 0.29) is 11.5 Å². The number of halogens is 3. The zero-order valence-electron chi connectivity index (χ0n) is 11.5. The number of aryl methyl sites for hydroxylation is 1. The molecule has 7 heteroatoms. The highest BCUT2D eigenvalue weighted by atomic mass is 19.4. The Morgan fingerprint density at radius 1 is 1.33 bits per heavy atom.